The molecule has 0 saturated heterocycles. The summed E-state index contributed by atoms with van der Waals surface area (Å²) in [6.45, 7) is 8.14. The van der Waals surface area contributed by atoms with Crippen molar-refractivity contribution in [1.29, 1.82) is 0 Å². The van der Waals surface area contributed by atoms with Crippen molar-refractivity contribution in [3.63, 3.8) is 0 Å². The van der Waals surface area contributed by atoms with Crippen LogP contribution < -0.4 is 0 Å². The lowest BCUT2D eigenvalue weighted by Gasteiger charge is -2.32. The van der Waals surface area contributed by atoms with E-state index in [0.717, 1.165) is 17.6 Å². The normalized spacial score (nSPS) is 19.5. The number of hydrogen-bond acceptors (Lipinski definition) is 1. The zero-order valence-electron chi connectivity index (χ0n) is 9.79. The third kappa shape index (κ3) is 1.85. The molecular formula is C15H16O. The molecule has 1 aliphatic rings. The first kappa shape index (κ1) is 10.9. The molecule has 0 atom stereocenters. The third-order valence-electron chi connectivity index (χ3n) is 3.09. The Morgan fingerprint density at radius 2 is 1.81 bits per heavy atom. The summed E-state index contributed by atoms with van der Waals surface area (Å²) in [6, 6.07) is 10.1. The molecule has 82 valence electrons. The van der Waals surface area contributed by atoms with Crippen molar-refractivity contribution in [2.24, 2.45) is 5.41 Å². The number of benzene rings is 1. The molecule has 0 spiro atoms. The minimum absolute atomic E-state index is 0.00759. The Kier molecular flexibility index (Phi) is 2.55. The lowest BCUT2D eigenvalue weighted by Crippen LogP contribution is -2.22. The highest BCUT2D eigenvalue weighted by Crippen LogP contribution is 2.42. The van der Waals surface area contributed by atoms with Gasteiger partial charge in [0.15, 0.2) is 5.78 Å². The minimum atomic E-state index is -0.00759. The highest BCUT2D eigenvalue weighted by atomic mass is 16.1. The number of allylic oxidation sites excluding steroid dienone is 3. The maximum Gasteiger partial charge on any atom is 0.181 e. The molecule has 0 aliphatic heterocycles. The van der Waals surface area contributed by atoms with Gasteiger partial charge in [0.1, 0.15) is 0 Å². The number of carbonyl (C=O) groups excluding carboxylic acids is 1. The van der Waals surface area contributed by atoms with Gasteiger partial charge in [0.2, 0.25) is 0 Å². The van der Waals surface area contributed by atoms with E-state index in [1.807, 2.05) is 18.2 Å². The van der Waals surface area contributed by atoms with Crippen molar-refractivity contribution in [3.05, 3.63) is 54.1 Å². The monoisotopic (exact) mass is 212 g/mol. The van der Waals surface area contributed by atoms with Crippen LogP contribution in [0, 0.1) is 5.41 Å². The van der Waals surface area contributed by atoms with Crippen LogP contribution in [0.4, 0.5) is 0 Å². The Balaban J connectivity index is 2.51. The van der Waals surface area contributed by atoms with Crippen LogP contribution in [-0.2, 0) is 4.79 Å². The SMILES string of the molecule is C=C1CC(C)(C)C(c2ccccc2)=CC1=O. The molecule has 0 radical (unpaired) electrons. The van der Waals surface area contributed by atoms with Gasteiger partial charge in [-0.1, -0.05) is 50.8 Å². The minimum Gasteiger partial charge on any atom is -0.290 e. The van der Waals surface area contributed by atoms with Gasteiger partial charge < -0.3 is 0 Å². The maximum atomic E-state index is 11.7. The van der Waals surface area contributed by atoms with Gasteiger partial charge in [-0.3, -0.25) is 4.79 Å². The van der Waals surface area contributed by atoms with E-state index in [2.05, 4.69) is 32.6 Å². The van der Waals surface area contributed by atoms with E-state index in [1.165, 1.54) is 0 Å². The van der Waals surface area contributed by atoms with E-state index in [9.17, 15) is 4.79 Å². The number of hydrogen-bond donors (Lipinski definition) is 0. The molecule has 1 aromatic rings. The predicted octanol–water partition coefficient (Wildman–Crippen LogP) is 3.63. The summed E-state index contributed by atoms with van der Waals surface area (Å²) >= 11 is 0. The summed E-state index contributed by atoms with van der Waals surface area (Å²) in [4.78, 5) is 11.7. The zero-order valence-corrected chi connectivity index (χ0v) is 9.79. The molecule has 0 unspecified atom stereocenters. The van der Waals surface area contributed by atoms with Gasteiger partial charge in [0.25, 0.3) is 0 Å². The van der Waals surface area contributed by atoms with Crippen molar-refractivity contribution in [2.75, 3.05) is 0 Å². The summed E-state index contributed by atoms with van der Waals surface area (Å²) in [7, 11) is 0. The maximum absolute atomic E-state index is 11.7. The highest BCUT2D eigenvalue weighted by Gasteiger charge is 2.31. The van der Waals surface area contributed by atoms with Crippen LogP contribution in [0.25, 0.3) is 5.57 Å². The van der Waals surface area contributed by atoms with Crippen LogP contribution in [0.1, 0.15) is 25.8 Å². The van der Waals surface area contributed by atoms with Crippen molar-refractivity contribution in [2.45, 2.75) is 20.3 Å². The molecule has 1 aliphatic carbocycles. The van der Waals surface area contributed by atoms with E-state index >= 15 is 0 Å². The fourth-order valence-corrected chi connectivity index (χ4v) is 2.24. The van der Waals surface area contributed by atoms with Crippen molar-refractivity contribution < 1.29 is 4.79 Å². The first-order chi connectivity index (χ1) is 7.50. The van der Waals surface area contributed by atoms with E-state index in [1.54, 1.807) is 6.08 Å². The van der Waals surface area contributed by atoms with E-state index in [-0.39, 0.29) is 11.2 Å². The van der Waals surface area contributed by atoms with Gasteiger partial charge in [0, 0.05) is 0 Å². The summed E-state index contributed by atoms with van der Waals surface area (Å²) in [5.41, 5.74) is 2.95. The largest absolute Gasteiger partial charge is 0.290 e. The van der Waals surface area contributed by atoms with Crippen LogP contribution in [0.15, 0.2) is 48.6 Å². The van der Waals surface area contributed by atoms with Crippen LogP contribution in [0.3, 0.4) is 0 Å². The molecule has 0 N–H and O–H groups in total. The molecule has 0 fully saturated rings. The molecule has 16 heavy (non-hydrogen) atoms. The van der Waals surface area contributed by atoms with Crippen LogP contribution in [0.5, 0.6) is 0 Å². The second-order valence-electron chi connectivity index (χ2n) is 4.95. The smallest absolute Gasteiger partial charge is 0.181 e. The first-order valence-corrected chi connectivity index (χ1v) is 5.50. The predicted molar refractivity (Wildman–Crippen MR) is 67.0 cm³/mol. The summed E-state index contributed by atoms with van der Waals surface area (Å²) in [5, 5.41) is 0. The number of rotatable bonds is 1. The van der Waals surface area contributed by atoms with E-state index in [4.69, 9.17) is 0 Å². The third-order valence-corrected chi connectivity index (χ3v) is 3.09. The van der Waals surface area contributed by atoms with Crippen LogP contribution in [-0.4, -0.2) is 5.78 Å². The highest BCUT2D eigenvalue weighted by molar-refractivity contribution is 6.10. The van der Waals surface area contributed by atoms with Crippen molar-refractivity contribution in [3.8, 4) is 0 Å². The lowest BCUT2D eigenvalue weighted by molar-refractivity contribution is -0.111. The first-order valence-electron chi connectivity index (χ1n) is 5.50. The van der Waals surface area contributed by atoms with Crippen molar-refractivity contribution in [1.82, 2.24) is 0 Å². The molecule has 2 rings (SSSR count). The topological polar surface area (TPSA) is 17.1 Å². The molecule has 0 heterocycles. The Hall–Kier alpha value is -1.63. The fourth-order valence-electron chi connectivity index (χ4n) is 2.24. The molecule has 0 bridgehead atoms. The quantitative estimate of drug-likeness (QED) is 0.650. The Morgan fingerprint density at radius 3 is 2.44 bits per heavy atom. The lowest BCUT2D eigenvalue weighted by atomic mass is 9.71. The van der Waals surface area contributed by atoms with Gasteiger partial charge in [-0.05, 0) is 34.6 Å². The van der Waals surface area contributed by atoms with Gasteiger partial charge in [0.05, 0.1) is 0 Å². The molecule has 1 heteroatoms. The van der Waals surface area contributed by atoms with Crippen LogP contribution >= 0.6 is 0 Å². The standard InChI is InChI=1S/C15H16O/c1-11-10-15(2,3)13(9-14(11)16)12-7-5-4-6-8-12/h4-9H,1,10H2,2-3H3. The average molecular weight is 212 g/mol. The Bertz CT molecular complexity index is 463. The summed E-state index contributed by atoms with van der Waals surface area (Å²) < 4.78 is 0. The summed E-state index contributed by atoms with van der Waals surface area (Å²) in [6.07, 6.45) is 2.48. The summed E-state index contributed by atoms with van der Waals surface area (Å²) in [5.74, 6) is 0.0678. The Morgan fingerprint density at radius 1 is 1.19 bits per heavy atom. The van der Waals surface area contributed by atoms with Crippen LogP contribution in [0.2, 0.25) is 0 Å². The average Bonchev–Trinajstić information content (AvgIpc) is 2.24. The second kappa shape index (κ2) is 3.75. The van der Waals surface area contributed by atoms with Crippen molar-refractivity contribution >= 4 is 11.4 Å². The molecule has 0 amide bonds. The number of carbonyl (C=O) groups is 1. The van der Waals surface area contributed by atoms with Gasteiger partial charge in [-0.25, -0.2) is 0 Å². The number of ketones is 1. The second-order valence-corrected chi connectivity index (χ2v) is 4.95. The van der Waals surface area contributed by atoms with Gasteiger partial charge >= 0.3 is 0 Å². The molecule has 1 nitrogen and oxygen atoms in total. The van der Waals surface area contributed by atoms with Gasteiger partial charge in [-0.2, -0.15) is 0 Å². The van der Waals surface area contributed by atoms with E-state index < -0.39 is 0 Å². The Labute approximate surface area is 96.5 Å². The van der Waals surface area contributed by atoms with Gasteiger partial charge in [-0.15, -0.1) is 0 Å². The molecule has 0 saturated carbocycles. The molecule has 0 aromatic heterocycles. The fraction of sp³-hybridized carbons (Fsp3) is 0.267. The van der Waals surface area contributed by atoms with E-state index in [0.29, 0.717) is 5.57 Å². The molecule has 1 aromatic carbocycles. The zero-order chi connectivity index (χ0) is 11.8. The molecular weight excluding hydrogens is 196 g/mol.